The van der Waals surface area contributed by atoms with Gasteiger partial charge in [0.25, 0.3) is 0 Å². The zero-order valence-corrected chi connectivity index (χ0v) is 21.3. The van der Waals surface area contributed by atoms with Crippen LogP contribution in [0.3, 0.4) is 0 Å². The molecule has 0 aliphatic heterocycles. The number of aromatic amines is 2. The lowest BCUT2D eigenvalue weighted by Gasteiger charge is -2.08. The molecule has 9 heteroatoms. The zero-order valence-electron chi connectivity index (χ0n) is 21.3. The van der Waals surface area contributed by atoms with Crippen molar-refractivity contribution in [1.29, 1.82) is 0 Å². The van der Waals surface area contributed by atoms with Crippen LogP contribution >= 0.6 is 0 Å². The van der Waals surface area contributed by atoms with Gasteiger partial charge in [-0.25, -0.2) is 9.97 Å². The highest BCUT2D eigenvalue weighted by molar-refractivity contribution is 5.96. The zero-order chi connectivity index (χ0) is 26.2. The number of nitrogens with one attached hydrogen (secondary N) is 3. The molecule has 0 saturated carbocycles. The van der Waals surface area contributed by atoms with E-state index in [1.165, 1.54) is 5.56 Å². The van der Waals surface area contributed by atoms with Crippen molar-refractivity contribution in [2.24, 2.45) is 5.92 Å². The molecule has 0 atom stereocenters. The summed E-state index contributed by atoms with van der Waals surface area (Å²) in [6.07, 6.45) is 7.42. The van der Waals surface area contributed by atoms with Crippen molar-refractivity contribution >= 4 is 33.7 Å². The van der Waals surface area contributed by atoms with E-state index in [9.17, 15) is 4.79 Å². The fourth-order valence-electron chi connectivity index (χ4n) is 4.52. The van der Waals surface area contributed by atoms with Crippen molar-refractivity contribution in [3.63, 3.8) is 0 Å². The van der Waals surface area contributed by atoms with Gasteiger partial charge in [0.1, 0.15) is 5.52 Å². The molecule has 6 rings (SSSR count). The van der Waals surface area contributed by atoms with Crippen LogP contribution in [0.15, 0.2) is 67.3 Å². The van der Waals surface area contributed by atoms with E-state index in [1.54, 1.807) is 18.6 Å². The Bertz CT molecular complexity index is 1800. The maximum absolute atomic E-state index is 12.2. The molecule has 38 heavy (non-hydrogen) atoms. The molecular weight excluding hydrogens is 476 g/mol. The maximum Gasteiger partial charge on any atom is 0.224 e. The number of aryl methyl sites for hydroxylation is 1. The Labute approximate surface area is 218 Å². The molecule has 1 aromatic carbocycles. The summed E-state index contributed by atoms with van der Waals surface area (Å²) in [5, 5.41) is 10.5. The molecule has 0 bridgehead atoms. The van der Waals surface area contributed by atoms with E-state index in [0.29, 0.717) is 34.8 Å². The first-order valence-electron chi connectivity index (χ1n) is 12.5. The molecule has 9 nitrogen and oxygen atoms in total. The minimum absolute atomic E-state index is 0.0381. The highest BCUT2D eigenvalue weighted by Crippen LogP contribution is 2.31. The highest BCUT2D eigenvalue weighted by atomic mass is 16.1. The molecule has 188 valence electrons. The number of pyridine rings is 3. The molecule has 1 amide bonds. The van der Waals surface area contributed by atoms with Gasteiger partial charge in [-0.15, -0.1) is 0 Å². The summed E-state index contributed by atoms with van der Waals surface area (Å²) in [7, 11) is 0. The molecule has 5 heterocycles. The number of carbonyl (C=O) groups is 1. The molecule has 0 unspecified atom stereocenters. The Kier molecular flexibility index (Phi) is 5.88. The van der Waals surface area contributed by atoms with Gasteiger partial charge in [-0.2, -0.15) is 5.10 Å². The molecular formula is C29H26N8O. The van der Waals surface area contributed by atoms with Crippen LogP contribution in [-0.4, -0.2) is 41.0 Å². The topological polar surface area (TPSA) is 125 Å². The number of benzene rings is 1. The van der Waals surface area contributed by atoms with Crippen molar-refractivity contribution in [3.8, 4) is 33.9 Å². The molecule has 0 fully saturated rings. The van der Waals surface area contributed by atoms with Gasteiger partial charge in [0.05, 0.1) is 40.3 Å². The van der Waals surface area contributed by atoms with Crippen molar-refractivity contribution in [2.45, 2.75) is 27.2 Å². The minimum atomic E-state index is -0.0381. The Hall–Kier alpha value is -4.92. The van der Waals surface area contributed by atoms with E-state index in [2.05, 4.69) is 55.6 Å². The second kappa shape index (κ2) is 9.51. The van der Waals surface area contributed by atoms with Crippen molar-refractivity contribution < 1.29 is 4.79 Å². The fourth-order valence-corrected chi connectivity index (χ4v) is 4.52. The van der Waals surface area contributed by atoms with Crippen LogP contribution in [0.4, 0.5) is 5.69 Å². The van der Waals surface area contributed by atoms with Gasteiger partial charge in [-0.05, 0) is 36.6 Å². The van der Waals surface area contributed by atoms with Crippen LogP contribution in [0.5, 0.6) is 0 Å². The lowest BCUT2D eigenvalue weighted by atomic mass is 10.0. The third-order valence-electron chi connectivity index (χ3n) is 6.27. The first-order valence-corrected chi connectivity index (χ1v) is 12.5. The number of aromatic nitrogens is 7. The van der Waals surface area contributed by atoms with Crippen molar-refractivity contribution in [2.75, 3.05) is 5.32 Å². The number of rotatable bonds is 6. The van der Waals surface area contributed by atoms with Gasteiger partial charge in [-0.3, -0.25) is 19.9 Å². The van der Waals surface area contributed by atoms with Gasteiger partial charge in [0, 0.05) is 29.9 Å². The average Bonchev–Trinajstić information content (AvgIpc) is 3.52. The van der Waals surface area contributed by atoms with Crippen LogP contribution in [0.25, 0.3) is 56.0 Å². The second-order valence-electron chi connectivity index (χ2n) is 9.81. The lowest BCUT2D eigenvalue weighted by molar-refractivity contribution is -0.116. The van der Waals surface area contributed by atoms with Gasteiger partial charge in [0.2, 0.25) is 5.91 Å². The fraction of sp³-hybridized carbons (Fsp3) is 0.172. The highest BCUT2D eigenvalue weighted by Gasteiger charge is 2.17. The predicted octanol–water partition coefficient (Wildman–Crippen LogP) is 5.92. The second-order valence-corrected chi connectivity index (χ2v) is 9.81. The monoisotopic (exact) mass is 502 g/mol. The van der Waals surface area contributed by atoms with E-state index in [-0.39, 0.29) is 11.8 Å². The van der Waals surface area contributed by atoms with Gasteiger partial charge >= 0.3 is 0 Å². The van der Waals surface area contributed by atoms with E-state index in [1.807, 2.05) is 44.3 Å². The Balaban J connectivity index is 1.38. The SMILES string of the molecule is Cc1cccc(-c2cncc3[nH]c(-c4n[nH]c5ccc(-c6cncc(NC(=O)CC(C)C)c6)nc45)nc23)c1. The minimum Gasteiger partial charge on any atom is -0.335 e. The summed E-state index contributed by atoms with van der Waals surface area (Å²) < 4.78 is 0. The molecule has 0 spiro atoms. The normalized spacial score (nSPS) is 11.5. The molecule has 5 aromatic heterocycles. The maximum atomic E-state index is 12.2. The Morgan fingerprint density at radius 2 is 1.79 bits per heavy atom. The first-order chi connectivity index (χ1) is 18.4. The number of nitrogens with zero attached hydrogens (tertiary/aromatic N) is 5. The van der Waals surface area contributed by atoms with E-state index >= 15 is 0 Å². The number of carbonyl (C=O) groups excluding carboxylic acids is 1. The number of H-pyrrole nitrogens is 2. The molecule has 0 saturated heterocycles. The summed E-state index contributed by atoms with van der Waals surface area (Å²) >= 11 is 0. The number of fused-ring (bicyclic) bond motifs is 2. The molecule has 6 aromatic rings. The number of amides is 1. The quantitative estimate of drug-likeness (QED) is 0.260. The Morgan fingerprint density at radius 1 is 0.921 bits per heavy atom. The van der Waals surface area contributed by atoms with Gasteiger partial charge in [-0.1, -0.05) is 43.7 Å². The molecule has 3 N–H and O–H groups in total. The summed E-state index contributed by atoms with van der Waals surface area (Å²) in [6.45, 7) is 6.09. The third kappa shape index (κ3) is 4.50. The number of hydrogen-bond acceptors (Lipinski definition) is 6. The van der Waals surface area contributed by atoms with E-state index in [0.717, 1.165) is 33.2 Å². The van der Waals surface area contributed by atoms with Crippen LogP contribution in [0.1, 0.15) is 25.8 Å². The van der Waals surface area contributed by atoms with Crippen LogP contribution in [0.2, 0.25) is 0 Å². The molecule has 0 aliphatic rings. The third-order valence-corrected chi connectivity index (χ3v) is 6.27. The van der Waals surface area contributed by atoms with Crippen LogP contribution < -0.4 is 5.32 Å². The number of anilines is 1. The molecule has 0 radical (unpaired) electrons. The Morgan fingerprint density at radius 3 is 2.63 bits per heavy atom. The summed E-state index contributed by atoms with van der Waals surface area (Å²) in [4.78, 5) is 34.1. The largest absolute Gasteiger partial charge is 0.335 e. The number of hydrogen-bond donors (Lipinski definition) is 3. The van der Waals surface area contributed by atoms with Gasteiger partial charge in [0.15, 0.2) is 11.5 Å². The van der Waals surface area contributed by atoms with Crippen LogP contribution in [-0.2, 0) is 4.79 Å². The first kappa shape index (κ1) is 23.5. The summed E-state index contributed by atoms with van der Waals surface area (Å²) in [5.74, 6) is 0.839. The lowest BCUT2D eigenvalue weighted by Crippen LogP contribution is -2.14. The summed E-state index contributed by atoms with van der Waals surface area (Å²) in [5.41, 5.74) is 9.04. The van der Waals surface area contributed by atoms with E-state index < -0.39 is 0 Å². The van der Waals surface area contributed by atoms with Crippen molar-refractivity contribution in [3.05, 3.63) is 72.8 Å². The average molecular weight is 503 g/mol. The standard InChI is InChI=1S/C29H26N8O/c1-16(2)9-25(38)32-20-11-19(12-30-13-20)22-7-8-23-27(33-22)28(37-36-23)29-34-24-15-31-14-21(26(24)35-29)18-6-4-5-17(3)10-18/h4-8,10-16H,9H2,1-3H3,(H,32,38)(H,34,35)(H,36,37). The van der Waals surface area contributed by atoms with Gasteiger partial charge < -0.3 is 10.3 Å². The predicted molar refractivity (Wildman–Crippen MR) is 148 cm³/mol. The smallest absolute Gasteiger partial charge is 0.224 e. The van der Waals surface area contributed by atoms with Crippen molar-refractivity contribution in [1.82, 2.24) is 35.1 Å². The molecule has 0 aliphatic carbocycles. The number of imidazole rings is 1. The van der Waals surface area contributed by atoms with Crippen LogP contribution in [0, 0.1) is 12.8 Å². The summed E-state index contributed by atoms with van der Waals surface area (Å²) in [6, 6.07) is 14.0. The van der Waals surface area contributed by atoms with E-state index in [4.69, 9.17) is 9.97 Å².